The van der Waals surface area contributed by atoms with Crippen molar-refractivity contribution in [1.29, 1.82) is 0 Å². The predicted octanol–water partition coefficient (Wildman–Crippen LogP) is 11.0. The zero-order valence-electron chi connectivity index (χ0n) is 24.0. The average molecular weight is 476 g/mol. The standard InChI is InChI=1S/C32H62N2/c1-5-8-11-14-16-17-18-19-21-24-27-31(26-23-20-15-12-9-6-2)32-33-28-29-34(32)30(4)25-22-13-10-7-3/h28-31H,5-27H2,1-4H3/p+1. The van der Waals surface area contributed by atoms with Crippen molar-refractivity contribution in [2.45, 2.75) is 187 Å². The maximum Gasteiger partial charge on any atom is 0.257 e. The van der Waals surface area contributed by atoms with Crippen LogP contribution in [0.15, 0.2) is 12.4 Å². The quantitative estimate of drug-likeness (QED) is 0.107. The highest BCUT2D eigenvalue weighted by Crippen LogP contribution is 2.27. The Kier molecular flexibility index (Phi) is 20.8. The van der Waals surface area contributed by atoms with Gasteiger partial charge in [-0.3, -0.25) is 0 Å². The second kappa shape index (κ2) is 22.7. The van der Waals surface area contributed by atoms with Crippen LogP contribution in [0.4, 0.5) is 0 Å². The number of hydrogen-bond acceptors (Lipinski definition) is 0. The first-order chi connectivity index (χ1) is 16.7. The SMILES string of the molecule is CCCCCCCCCCCCC(CCCCCCCC)c1[nH]cc[n+]1C(C)CCCCCC. The van der Waals surface area contributed by atoms with Gasteiger partial charge in [-0.05, 0) is 32.6 Å². The summed E-state index contributed by atoms with van der Waals surface area (Å²) in [7, 11) is 0. The van der Waals surface area contributed by atoms with Gasteiger partial charge in [-0.1, -0.05) is 143 Å². The molecule has 0 saturated carbocycles. The normalized spacial score (nSPS) is 13.4. The van der Waals surface area contributed by atoms with Crippen LogP contribution in [0.5, 0.6) is 0 Å². The number of nitrogens with zero attached hydrogens (tertiary/aromatic N) is 1. The molecule has 1 rings (SSSR count). The van der Waals surface area contributed by atoms with Gasteiger partial charge in [-0.15, -0.1) is 0 Å². The monoisotopic (exact) mass is 475 g/mol. The van der Waals surface area contributed by atoms with Gasteiger partial charge in [-0.25, -0.2) is 9.55 Å². The molecule has 0 aliphatic heterocycles. The molecule has 1 heterocycles. The minimum Gasteiger partial charge on any atom is -0.247 e. The molecule has 0 amide bonds. The largest absolute Gasteiger partial charge is 0.257 e. The average Bonchev–Trinajstić information content (AvgIpc) is 3.33. The minimum atomic E-state index is 0.623. The number of hydrogen-bond donors (Lipinski definition) is 1. The van der Waals surface area contributed by atoms with E-state index in [2.05, 4.69) is 49.6 Å². The van der Waals surface area contributed by atoms with Crippen molar-refractivity contribution in [3.63, 3.8) is 0 Å². The van der Waals surface area contributed by atoms with Crippen LogP contribution in [0.1, 0.15) is 193 Å². The first-order valence-electron chi connectivity index (χ1n) is 15.8. The molecule has 0 aliphatic carbocycles. The molecular weight excluding hydrogens is 412 g/mol. The summed E-state index contributed by atoms with van der Waals surface area (Å²) in [5, 5.41) is 0. The Morgan fingerprint density at radius 2 is 0.941 bits per heavy atom. The minimum absolute atomic E-state index is 0.623. The van der Waals surface area contributed by atoms with E-state index in [-0.39, 0.29) is 0 Å². The number of nitrogens with one attached hydrogen (secondary N) is 1. The molecule has 2 unspecified atom stereocenters. The number of aromatic nitrogens is 2. The molecule has 0 radical (unpaired) electrons. The van der Waals surface area contributed by atoms with Gasteiger partial charge in [0.25, 0.3) is 5.82 Å². The Bertz CT molecular complexity index is 535. The van der Waals surface area contributed by atoms with E-state index in [9.17, 15) is 0 Å². The van der Waals surface area contributed by atoms with Crippen molar-refractivity contribution in [2.24, 2.45) is 0 Å². The summed E-state index contributed by atoms with van der Waals surface area (Å²) in [4.78, 5) is 3.70. The smallest absolute Gasteiger partial charge is 0.247 e. The van der Waals surface area contributed by atoms with Gasteiger partial charge in [0.1, 0.15) is 12.4 Å². The van der Waals surface area contributed by atoms with Crippen molar-refractivity contribution < 1.29 is 4.57 Å². The van der Waals surface area contributed by atoms with E-state index >= 15 is 0 Å². The highest BCUT2D eigenvalue weighted by Gasteiger charge is 2.25. The summed E-state index contributed by atoms with van der Waals surface area (Å²) < 4.78 is 2.60. The van der Waals surface area contributed by atoms with Gasteiger partial charge in [-0.2, -0.15) is 0 Å². The second-order valence-electron chi connectivity index (χ2n) is 11.2. The molecule has 1 aromatic rings. The van der Waals surface area contributed by atoms with E-state index in [0.29, 0.717) is 12.0 Å². The lowest BCUT2D eigenvalue weighted by Gasteiger charge is -2.17. The molecule has 200 valence electrons. The fourth-order valence-electron chi connectivity index (χ4n) is 5.54. The molecule has 2 heteroatoms. The molecule has 1 N–H and O–H groups in total. The molecule has 0 spiro atoms. The molecule has 34 heavy (non-hydrogen) atoms. The lowest BCUT2D eigenvalue weighted by Crippen LogP contribution is -2.41. The Labute approximate surface area is 215 Å². The van der Waals surface area contributed by atoms with Crippen LogP contribution < -0.4 is 4.57 Å². The van der Waals surface area contributed by atoms with Crippen LogP contribution in [-0.4, -0.2) is 4.98 Å². The molecule has 0 aliphatic rings. The van der Waals surface area contributed by atoms with Crippen LogP contribution in [0.2, 0.25) is 0 Å². The van der Waals surface area contributed by atoms with E-state index < -0.39 is 0 Å². The van der Waals surface area contributed by atoms with Crippen LogP contribution in [0.3, 0.4) is 0 Å². The third kappa shape index (κ3) is 15.3. The zero-order chi connectivity index (χ0) is 24.7. The second-order valence-corrected chi connectivity index (χ2v) is 11.2. The molecular formula is C32H63N2+. The highest BCUT2D eigenvalue weighted by atomic mass is 15.1. The van der Waals surface area contributed by atoms with Crippen molar-refractivity contribution >= 4 is 0 Å². The number of aromatic amines is 1. The third-order valence-corrected chi connectivity index (χ3v) is 7.89. The topological polar surface area (TPSA) is 19.7 Å². The van der Waals surface area contributed by atoms with Gasteiger partial charge < -0.3 is 0 Å². The third-order valence-electron chi connectivity index (χ3n) is 7.89. The summed E-state index contributed by atoms with van der Waals surface area (Å²) in [5.74, 6) is 2.24. The van der Waals surface area contributed by atoms with Gasteiger partial charge in [0.2, 0.25) is 0 Å². The van der Waals surface area contributed by atoms with Crippen LogP contribution in [0.25, 0.3) is 0 Å². The fourth-order valence-corrected chi connectivity index (χ4v) is 5.54. The van der Waals surface area contributed by atoms with Gasteiger partial charge in [0.15, 0.2) is 0 Å². The lowest BCUT2D eigenvalue weighted by molar-refractivity contribution is -0.727. The number of imidazole rings is 1. The first-order valence-corrected chi connectivity index (χ1v) is 15.8. The first kappa shape index (κ1) is 31.2. The van der Waals surface area contributed by atoms with E-state index in [4.69, 9.17) is 0 Å². The fraction of sp³-hybridized carbons (Fsp3) is 0.906. The predicted molar refractivity (Wildman–Crippen MR) is 152 cm³/mol. The molecule has 0 fully saturated rings. The molecule has 2 nitrogen and oxygen atoms in total. The summed E-state index contributed by atoms with van der Waals surface area (Å²) >= 11 is 0. The summed E-state index contributed by atoms with van der Waals surface area (Å²) in [5.41, 5.74) is 0. The van der Waals surface area contributed by atoms with Gasteiger partial charge in [0, 0.05) is 0 Å². The Hall–Kier alpha value is -0.790. The van der Waals surface area contributed by atoms with Crippen LogP contribution in [0, 0.1) is 0 Å². The maximum atomic E-state index is 3.70. The van der Waals surface area contributed by atoms with Crippen LogP contribution in [-0.2, 0) is 0 Å². The number of H-pyrrole nitrogens is 1. The van der Waals surface area contributed by atoms with E-state index in [0.717, 1.165) is 0 Å². The van der Waals surface area contributed by atoms with Crippen molar-refractivity contribution in [3.8, 4) is 0 Å². The van der Waals surface area contributed by atoms with Crippen LogP contribution >= 0.6 is 0 Å². The Morgan fingerprint density at radius 3 is 1.41 bits per heavy atom. The number of rotatable bonds is 25. The summed E-state index contributed by atoms with van der Waals surface area (Å²) in [6.07, 6.45) is 36.8. The molecule has 0 aromatic carbocycles. The maximum absolute atomic E-state index is 3.70. The van der Waals surface area contributed by atoms with Crippen molar-refractivity contribution in [2.75, 3.05) is 0 Å². The van der Waals surface area contributed by atoms with E-state index in [1.807, 2.05) is 0 Å². The van der Waals surface area contributed by atoms with Gasteiger partial charge >= 0.3 is 0 Å². The molecule has 1 aromatic heterocycles. The van der Waals surface area contributed by atoms with Crippen molar-refractivity contribution in [3.05, 3.63) is 18.2 Å². The Morgan fingerprint density at radius 1 is 0.559 bits per heavy atom. The molecule has 0 saturated heterocycles. The van der Waals surface area contributed by atoms with E-state index in [1.165, 1.54) is 154 Å². The highest BCUT2D eigenvalue weighted by molar-refractivity contribution is 4.90. The molecule has 2 atom stereocenters. The number of unbranched alkanes of at least 4 members (excludes halogenated alkanes) is 17. The lowest BCUT2D eigenvalue weighted by atomic mass is 9.93. The van der Waals surface area contributed by atoms with Crippen molar-refractivity contribution in [1.82, 2.24) is 4.98 Å². The summed E-state index contributed by atoms with van der Waals surface area (Å²) in [6, 6.07) is 0.623. The van der Waals surface area contributed by atoms with E-state index in [1.54, 1.807) is 0 Å². The molecule has 0 bridgehead atoms. The zero-order valence-corrected chi connectivity index (χ0v) is 24.0. The Balaban J connectivity index is 2.47. The summed E-state index contributed by atoms with van der Waals surface area (Å²) in [6.45, 7) is 9.37. The van der Waals surface area contributed by atoms with Gasteiger partial charge in [0.05, 0.1) is 12.0 Å².